The van der Waals surface area contributed by atoms with Crippen molar-refractivity contribution in [3.8, 4) is 16.9 Å². The molecule has 0 spiro atoms. The summed E-state index contributed by atoms with van der Waals surface area (Å²) < 4.78 is 1.62. The predicted octanol–water partition coefficient (Wildman–Crippen LogP) is 2.63. The van der Waals surface area contributed by atoms with Crippen molar-refractivity contribution in [3.05, 3.63) is 66.6 Å². The molecule has 3 aromatic rings. The Kier molecular flexibility index (Phi) is 3.01. The predicted molar refractivity (Wildman–Crippen MR) is 73.8 cm³/mol. The molecule has 5 nitrogen and oxygen atoms in total. The van der Waals surface area contributed by atoms with Gasteiger partial charge in [-0.25, -0.2) is 14.5 Å². The van der Waals surface area contributed by atoms with E-state index in [2.05, 4.69) is 10.1 Å². The van der Waals surface area contributed by atoms with E-state index in [1.807, 2.05) is 36.5 Å². The van der Waals surface area contributed by atoms with Gasteiger partial charge >= 0.3 is 5.97 Å². The fourth-order valence-electron chi connectivity index (χ4n) is 1.88. The lowest BCUT2D eigenvalue weighted by molar-refractivity contribution is 0.0696. The van der Waals surface area contributed by atoms with E-state index >= 15 is 0 Å². The SMILES string of the molecule is O=C(O)c1ccc(-n2cc(-c3ccccc3)cn2)nc1. The minimum absolute atomic E-state index is 0.157. The van der Waals surface area contributed by atoms with Crippen LogP contribution in [0.1, 0.15) is 10.4 Å². The topological polar surface area (TPSA) is 68.0 Å². The van der Waals surface area contributed by atoms with Gasteiger partial charge in [-0.1, -0.05) is 30.3 Å². The molecule has 0 radical (unpaired) electrons. The van der Waals surface area contributed by atoms with E-state index in [4.69, 9.17) is 5.11 Å². The van der Waals surface area contributed by atoms with Gasteiger partial charge < -0.3 is 5.11 Å². The van der Waals surface area contributed by atoms with Crippen molar-refractivity contribution in [1.82, 2.24) is 14.8 Å². The first kappa shape index (κ1) is 12.1. The maximum Gasteiger partial charge on any atom is 0.337 e. The molecular formula is C15H11N3O2. The average Bonchev–Trinajstić information content (AvgIpc) is 2.98. The number of carboxylic acid groups (broad SMARTS) is 1. The normalized spacial score (nSPS) is 10.4. The van der Waals surface area contributed by atoms with Crippen LogP contribution >= 0.6 is 0 Å². The lowest BCUT2D eigenvalue weighted by Gasteiger charge is -2.00. The van der Waals surface area contributed by atoms with Crippen LogP contribution < -0.4 is 0 Å². The Morgan fingerprint density at radius 1 is 1.00 bits per heavy atom. The van der Waals surface area contributed by atoms with Crippen LogP contribution in [0.25, 0.3) is 16.9 Å². The maximum atomic E-state index is 10.8. The summed E-state index contributed by atoms with van der Waals surface area (Å²) in [6, 6.07) is 13.0. The van der Waals surface area contributed by atoms with Gasteiger partial charge in [-0.3, -0.25) is 0 Å². The molecule has 20 heavy (non-hydrogen) atoms. The molecule has 0 aliphatic heterocycles. The third-order valence-corrected chi connectivity index (χ3v) is 2.92. The standard InChI is InChI=1S/C15H11N3O2/c19-15(20)12-6-7-14(16-8-12)18-10-13(9-17-18)11-4-2-1-3-5-11/h1-10H,(H,19,20). The Morgan fingerprint density at radius 2 is 1.80 bits per heavy atom. The highest BCUT2D eigenvalue weighted by Gasteiger charge is 2.06. The van der Waals surface area contributed by atoms with Crippen molar-refractivity contribution in [2.75, 3.05) is 0 Å². The smallest absolute Gasteiger partial charge is 0.337 e. The lowest BCUT2D eigenvalue weighted by atomic mass is 10.1. The van der Waals surface area contributed by atoms with Crippen LogP contribution in [0.5, 0.6) is 0 Å². The number of aromatic nitrogens is 3. The third kappa shape index (κ3) is 2.29. The number of hydrogen-bond donors (Lipinski definition) is 1. The zero-order valence-electron chi connectivity index (χ0n) is 10.5. The molecule has 0 saturated carbocycles. The van der Waals surface area contributed by atoms with Crippen molar-refractivity contribution in [1.29, 1.82) is 0 Å². The molecule has 0 aliphatic carbocycles. The van der Waals surface area contributed by atoms with Crippen molar-refractivity contribution in [2.45, 2.75) is 0 Å². The molecule has 2 heterocycles. The third-order valence-electron chi connectivity index (χ3n) is 2.92. The highest BCUT2D eigenvalue weighted by molar-refractivity contribution is 5.87. The number of hydrogen-bond acceptors (Lipinski definition) is 3. The molecule has 2 aromatic heterocycles. The number of benzene rings is 1. The van der Waals surface area contributed by atoms with Gasteiger partial charge in [0.15, 0.2) is 5.82 Å². The van der Waals surface area contributed by atoms with Gasteiger partial charge in [0, 0.05) is 18.0 Å². The van der Waals surface area contributed by atoms with Gasteiger partial charge in [0.2, 0.25) is 0 Å². The van der Waals surface area contributed by atoms with E-state index < -0.39 is 5.97 Å². The molecule has 0 saturated heterocycles. The van der Waals surface area contributed by atoms with Gasteiger partial charge in [0.05, 0.1) is 11.8 Å². The first-order valence-corrected chi connectivity index (χ1v) is 6.04. The van der Waals surface area contributed by atoms with Crippen LogP contribution in [0.2, 0.25) is 0 Å². The molecule has 3 rings (SSSR count). The lowest BCUT2D eigenvalue weighted by Crippen LogP contribution is -2.01. The zero-order valence-corrected chi connectivity index (χ0v) is 10.5. The first-order valence-electron chi connectivity index (χ1n) is 6.04. The second-order valence-electron chi connectivity index (χ2n) is 4.25. The summed E-state index contributed by atoms with van der Waals surface area (Å²) in [5.41, 5.74) is 2.21. The van der Waals surface area contributed by atoms with Gasteiger partial charge in [-0.15, -0.1) is 0 Å². The molecule has 0 fully saturated rings. The van der Waals surface area contributed by atoms with Crippen LogP contribution in [0.4, 0.5) is 0 Å². The van der Waals surface area contributed by atoms with Crippen LogP contribution in [0, 0.1) is 0 Å². The zero-order chi connectivity index (χ0) is 13.9. The molecule has 0 unspecified atom stereocenters. The molecule has 0 bridgehead atoms. The number of carboxylic acids is 1. The molecular weight excluding hydrogens is 254 g/mol. The summed E-state index contributed by atoms with van der Waals surface area (Å²) in [6.07, 6.45) is 4.93. The van der Waals surface area contributed by atoms with Crippen molar-refractivity contribution >= 4 is 5.97 Å². The maximum absolute atomic E-state index is 10.8. The quantitative estimate of drug-likeness (QED) is 0.790. The second kappa shape index (κ2) is 4.97. The summed E-state index contributed by atoms with van der Waals surface area (Å²) in [6.45, 7) is 0. The molecule has 98 valence electrons. The Hall–Kier alpha value is -2.95. The van der Waals surface area contributed by atoms with Crippen molar-refractivity contribution in [3.63, 3.8) is 0 Å². The Morgan fingerprint density at radius 3 is 2.45 bits per heavy atom. The van der Waals surface area contributed by atoms with E-state index in [1.54, 1.807) is 16.9 Å². The van der Waals surface area contributed by atoms with Crippen LogP contribution in [-0.4, -0.2) is 25.8 Å². The summed E-state index contributed by atoms with van der Waals surface area (Å²) in [4.78, 5) is 14.9. The molecule has 1 aromatic carbocycles. The van der Waals surface area contributed by atoms with E-state index in [1.165, 1.54) is 12.3 Å². The fourth-order valence-corrected chi connectivity index (χ4v) is 1.88. The number of pyridine rings is 1. The minimum atomic E-state index is -0.991. The molecule has 0 aliphatic rings. The van der Waals surface area contributed by atoms with E-state index in [0.717, 1.165) is 11.1 Å². The molecule has 0 atom stereocenters. The molecule has 0 amide bonds. The number of nitrogens with zero attached hydrogens (tertiary/aromatic N) is 3. The summed E-state index contributed by atoms with van der Waals surface area (Å²) in [5.74, 6) is -0.410. The highest BCUT2D eigenvalue weighted by Crippen LogP contribution is 2.19. The minimum Gasteiger partial charge on any atom is -0.478 e. The van der Waals surface area contributed by atoms with Crippen LogP contribution in [0.15, 0.2) is 61.1 Å². The summed E-state index contributed by atoms with van der Waals surface area (Å²) in [7, 11) is 0. The molecule has 5 heteroatoms. The second-order valence-corrected chi connectivity index (χ2v) is 4.25. The first-order chi connectivity index (χ1) is 9.74. The Balaban J connectivity index is 1.92. The van der Waals surface area contributed by atoms with Crippen molar-refractivity contribution in [2.24, 2.45) is 0 Å². The van der Waals surface area contributed by atoms with Crippen LogP contribution in [-0.2, 0) is 0 Å². The molecule has 1 N–H and O–H groups in total. The Bertz CT molecular complexity index is 733. The Labute approximate surface area is 115 Å². The average molecular weight is 265 g/mol. The number of carbonyl (C=O) groups is 1. The summed E-state index contributed by atoms with van der Waals surface area (Å²) in [5, 5.41) is 13.1. The number of rotatable bonds is 3. The van der Waals surface area contributed by atoms with Gasteiger partial charge in [-0.05, 0) is 17.7 Å². The highest BCUT2D eigenvalue weighted by atomic mass is 16.4. The van der Waals surface area contributed by atoms with E-state index in [-0.39, 0.29) is 5.56 Å². The van der Waals surface area contributed by atoms with E-state index in [9.17, 15) is 4.79 Å². The van der Waals surface area contributed by atoms with Gasteiger partial charge in [0.1, 0.15) is 0 Å². The van der Waals surface area contributed by atoms with Crippen molar-refractivity contribution < 1.29 is 9.90 Å². The fraction of sp³-hybridized carbons (Fsp3) is 0. The van der Waals surface area contributed by atoms with Gasteiger partial charge in [0.25, 0.3) is 0 Å². The monoisotopic (exact) mass is 265 g/mol. The van der Waals surface area contributed by atoms with Gasteiger partial charge in [-0.2, -0.15) is 5.10 Å². The largest absolute Gasteiger partial charge is 0.478 e. The van der Waals surface area contributed by atoms with E-state index in [0.29, 0.717) is 5.82 Å². The number of aromatic carboxylic acids is 1. The van der Waals surface area contributed by atoms with Crippen LogP contribution in [0.3, 0.4) is 0 Å². The summed E-state index contributed by atoms with van der Waals surface area (Å²) >= 11 is 0.